The highest BCUT2D eigenvalue weighted by Gasteiger charge is 2.64. The molecule has 116 valence electrons. The maximum Gasteiger partial charge on any atom is 0.317 e. The smallest absolute Gasteiger partial charge is 0.317 e. The van der Waals surface area contributed by atoms with Crippen LogP contribution in [0.15, 0.2) is 17.1 Å². The van der Waals surface area contributed by atoms with Gasteiger partial charge in [-0.05, 0) is 63.2 Å². The summed E-state index contributed by atoms with van der Waals surface area (Å²) in [4.78, 5) is 17.7. The van der Waals surface area contributed by atoms with Crippen molar-refractivity contribution in [2.45, 2.75) is 64.8 Å². The van der Waals surface area contributed by atoms with Crippen LogP contribution < -0.4 is 0 Å². The zero-order valence-electron chi connectivity index (χ0n) is 13.6. The summed E-state index contributed by atoms with van der Waals surface area (Å²) in [6, 6.07) is 0.448. The first kappa shape index (κ1) is 14.8. The Labute approximate surface area is 127 Å². The number of methoxy groups -OCH3 is 1. The number of hydrogen-bond acceptors (Lipinski definition) is 3. The molecular formula is C18H27NO2. The van der Waals surface area contributed by atoms with Crippen LogP contribution in [0.5, 0.6) is 0 Å². The number of carbonyl (C=O) groups is 1. The predicted molar refractivity (Wildman–Crippen MR) is 84.4 cm³/mol. The number of hydrogen-bond donors (Lipinski definition) is 0. The average Bonchev–Trinajstić information content (AvgIpc) is 2.66. The van der Waals surface area contributed by atoms with Crippen LogP contribution >= 0.6 is 0 Å². The van der Waals surface area contributed by atoms with Gasteiger partial charge in [-0.3, -0.25) is 9.79 Å². The van der Waals surface area contributed by atoms with E-state index in [9.17, 15) is 4.79 Å². The number of carbonyl (C=O) groups excluding carboxylic acids is 1. The van der Waals surface area contributed by atoms with Crippen molar-refractivity contribution in [1.29, 1.82) is 0 Å². The Bertz CT molecular complexity index is 509. The predicted octanol–water partition coefficient (Wildman–Crippen LogP) is 3.93. The highest BCUT2D eigenvalue weighted by Crippen LogP contribution is 2.63. The molecule has 0 saturated heterocycles. The highest BCUT2D eigenvalue weighted by atomic mass is 16.5. The molecule has 0 amide bonds. The minimum Gasteiger partial charge on any atom is -0.468 e. The first-order valence-corrected chi connectivity index (χ1v) is 8.21. The van der Waals surface area contributed by atoms with Crippen molar-refractivity contribution in [3.05, 3.63) is 12.2 Å². The van der Waals surface area contributed by atoms with Gasteiger partial charge in [-0.15, -0.1) is 6.58 Å². The molecule has 0 N–H and O–H groups in total. The van der Waals surface area contributed by atoms with E-state index in [0.717, 1.165) is 37.8 Å². The van der Waals surface area contributed by atoms with Gasteiger partial charge in [0.1, 0.15) is 5.41 Å². The van der Waals surface area contributed by atoms with E-state index in [1.807, 2.05) is 0 Å². The van der Waals surface area contributed by atoms with E-state index in [1.54, 1.807) is 0 Å². The molecule has 4 aliphatic rings. The third kappa shape index (κ3) is 2.16. The molecule has 0 aromatic heterocycles. The molecule has 0 aromatic rings. The number of esters is 1. The maximum absolute atomic E-state index is 12.6. The van der Waals surface area contributed by atoms with Crippen molar-refractivity contribution in [3.8, 4) is 0 Å². The Morgan fingerprint density at radius 2 is 2.29 bits per heavy atom. The minimum absolute atomic E-state index is 0.0483. The average molecular weight is 289 g/mol. The summed E-state index contributed by atoms with van der Waals surface area (Å²) in [5, 5.41) is 0. The Balaban J connectivity index is 1.89. The molecule has 21 heavy (non-hydrogen) atoms. The first-order chi connectivity index (χ1) is 9.91. The summed E-state index contributed by atoms with van der Waals surface area (Å²) in [6.45, 7) is 8.35. The second-order valence-electron chi connectivity index (χ2n) is 7.74. The summed E-state index contributed by atoms with van der Waals surface area (Å²) < 4.78 is 5.20. The topological polar surface area (TPSA) is 38.7 Å². The Morgan fingerprint density at radius 1 is 1.52 bits per heavy atom. The van der Waals surface area contributed by atoms with E-state index in [0.29, 0.717) is 12.0 Å². The van der Waals surface area contributed by atoms with Gasteiger partial charge >= 0.3 is 5.97 Å². The quantitative estimate of drug-likeness (QED) is 0.568. The lowest BCUT2D eigenvalue weighted by atomic mass is 9.56. The van der Waals surface area contributed by atoms with Crippen molar-refractivity contribution in [1.82, 2.24) is 0 Å². The van der Waals surface area contributed by atoms with Crippen LogP contribution in [0.1, 0.15) is 58.8 Å². The number of nitrogens with zero attached hydrogens (tertiary/aromatic N) is 1. The van der Waals surface area contributed by atoms with E-state index in [1.165, 1.54) is 25.5 Å². The van der Waals surface area contributed by atoms with Gasteiger partial charge in [0.05, 0.1) is 13.2 Å². The van der Waals surface area contributed by atoms with Crippen molar-refractivity contribution < 1.29 is 9.53 Å². The highest BCUT2D eigenvalue weighted by molar-refractivity contribution is 6.08. The molecular weight excluding hydrogens is 262 g/mol. The minimum atomic E-state index is -0.422. The van der Waals surface area contributed by atoms with Gasteiger partial charge in [0.25, 0.3) is 0 Å². The molecule has 4 bridgehead atoms. The number of ether oxygens (including phenoxy) is 1. The Hall–Kier alpha value is -1.12. The molecule has 2 aliphatic heterocycles. The van der Waals surface area contributed by atoms with Gasteiger partial charge in [0.2, 0.25) is 0 Å². The fraction of sp³-hybridized carbons (Fsp3) is 0.778. The molecule has 0 radical (unpaired) electrons. The SMILES string of the molecule is C=C(C)CCCC1=NC2C3CCC2(C)CC1(C(=O)OC)C3. The van der Waals surface area contributed by atoms with Crippen molar-refractivity contribution in [3.63, 3.8) is 0 Å². The number of allylic oxidation sites excluding steroid dienone is 1. The molecule has 4 atom stereocenters. The summed E-state index contributed by atoms with van der Waals surface area (Å²) in [5.74, 6) is 0.542. The maximum atomic E-state index is 12.6. The van der Waals surface area contributed by atoms with Crippen LogP contribution in [-0.4, -0.2) is 24.8 Å². The van der Waals surface area contributed by atoms with Gasteiger partial charge < -0.3 is 4.74 Å². The molecule has 2 fully saturated rings. The number of rotatable bonds is 5. The molecule has 0 spiro atoms. The van der Waals surface area contributed by atoms with Crippen molar-refractivity contribution in [2.75, 3.05) is 7.11 Å². The third-order valence-electron chi connectivity index (χ3n) is 6.00. The number of aliphatic imine (C=N–C) groups is 1. The van der Waals surface area contributed by atoms with E-state index >= 15 is 0 Å². The van der Waals surface area contributed by atoms with E-state index in [4.69, 9.17) is 9.73 Å². The zero-order valence-corrected chi connectivity index (χ0v) is 13.6. The molecule has 3 nitrogen and oxygen atoms in total. The van der Waals surface area contributed by atoms with E-state index in [-0.39, 0.29) is 11.4 Å². The standard InChI is InChI=1S/C18H27NO2/c1-12(2)6-5-7-14-18(16(20)21-4)10-13-8-9-17(3,11-18)15(13)19-14/h13,15H,1,5-11H2,2-4H3. The molecule has 4 rings (SSSR count). The van der Waals surface area contributed by atoms with Crippen LogP contribution in [0.4, 0.5) is 0 Å². The van der Waals surface area contributed by atoms with Crippen LogP contribution in [-0.2, 0) is 9.53 Å². The largest absolute Gasteiger partial charge is 0.468 e. The second kappa shape index (κ2) is 4.96. The lowest BCUT2D eigenvalue weighted by Gasteiger charge is -2.52. The van der Waals surface area contributed by atoms with Crippen molar-refractivity contribution >= 4 is 11.7 Å². The van der Waals surface area contributed by atoms with Crippen LogP contribution in [0.3, 0.4) is 0 Å². The molecule has 2 aliphatic carbocycles. The normalized spacial score (nSPS) is 40.0. The molecule has 0 aromatic carbocycles. The van der Waals surface area contributed by atoms with Crippen LogP contribution in [0.2, 0.25) is 0 Å². The summed E-state index contributed by atoms with van der Waals surface area (Å²) in [5.41, 5.74) is 2.12. The van der Waals surface area contributed by atoms with Crippen molar-refractivity contribution in [2.24, 2.45) is 21.7 Å². The summed E-state index contributed by atoms with van der Waals surface area (Å²) in [7, 11) is 1.52. The zero-order chi connectivity index (χ0) is 15.3. The molecule has 3 heteroatoms. The van der Waals surface area contributed by atoms with E-state index in [2.05, 4.69) is 20.4 Å². The van der Waals surface area contributed by atoms with Gasteiger partial charge in [0.15, 0.2) is 0 Å². The Morgan fingerprint density at radius 3 is 2.90 bits per heavy atom. The van der Waals surface area contributed by atoms with Gasteiger partial charge in [-0.2, -0.15) is 0 Å². The fourth-order valence-electron chi connectivity index (χ4n) is 5.11. The fourth-order valence-corrected chi connectivity index (χ4v) is 5.11. The lowest BCUT2D eigenvalue weighted by Crippen LogP contribution is -2.56. The second-order valence-corrected chi connectivity index (χ2v) is 7.74. The van der Waals surface area contributed by atoms with Gasteiger partial charge in [0, 0.05) is 5.71 Å². The molecule has 4 unspecified atom stereocenters. The van der Waals surface area contributed by atoms with Gasteiger partial charge in [-0.1, -0.05) is 12.5 Å². The van der Waals surface area contributed by atoms with Gasteiger partial charge in [-0.25, -0.2) is 0 Å². The Kier molecular flexibility index (Phi) is 3.50. The molecule has 2 heterocycles. The summed E-state index contributed by atoms with van der Waals surface area (Å²) in [6.07, 6.45) is 7.32. The first-order valence-electron chi connectivity index (χ1n) is 8.21. The van der Waals surface area contributed by atoms with Crippen LogP contribution in [0.25, 0.3) is 0 Å². The van der Waals surface area contributed by atoms with Crippen LogP contribution in [0, 0.1) is 16.7 Å². The molecule has 2 saturated carbocycles. The van der Waals surface area contributed by atoms with E-state index < -0.39 is 5.41 Å². The lowest BCUT2D eigenvalue weighted by molar-refractivity contribution is -0.153. The summed E-state index contributed by atoms with van der Waals surface area (Å²) >= 11 is 0. The monoisotopic (exact) mass is 289 g/mol. The third-order valence-corrected chi connectivity index (χ3v) is 6.00.